The molecule has 4 rings (SSSR count). The molecule has 0 amide bonds. The van der Waals surface area contributed by atoms with Crippen molar-refractivity contribution in [3.05, 3.63) is 70.0 Å². The van der Waals surface area contributed by atoms with Crippen LogP contribution in [0.2, 0.25) is 0 Å². The van der Waals surface area contributed by atoms with E-state index in [9.17, 15) is 0 Å². The number of allylic oxidation sites excluding steroid dienone is 7. The number of hydrogen-bond acceptors (Lipinski definition) is 3. The number of nitrogens with zero attached hydrogens (tertiary/aromatic N) is 3. The molecule has 0 spiro atoms. The number of rotatable bonds is 5. The fraction of sp³-hybridized carbons (Fsp3) is 0.467. The highest BCUT2D eigenvalue weighted by Crippen LogP contribution is 2.36. The molecule has 0 saturated carbocycles. The first-order valence-electron chi connectivity index (χ1n) is 12.9. The summed E-state index contributed by atoms with van der Waals surface area (Å²) in [6, 6.07) is 3.72. The van der Waals surface area contributed by atoms with Crippen LogP contribution in [0.4, 0.5) is 14.5 Å². The zero-order valence-corrected chi connectivity index (χ0v) is 21.5. The molecule has 0 N–H and O–H groups in total. The lowest BCUT2D eigenvalue weighted by Crippen LogP contribution is -2.32. The van der Waals surface area contributed by atoms with E-state index in [1.54, 1.807) is 18.4 Å². The Morgan fingerprint density at radius 3 is 2.69 bits per heavy atom. The monoisotopic (exact) mass is 477 g/mol. The highest BCUT2D eigenvalue weighted by molar-refractivity contribution is 5.99. The Morgan fingerprint density at radius 2 is 1.97 bits per heavy atom. The third kappa shape index (κ3) is 6.13. The topological polar surface area (TPSA) is 28.0 Å². The maximum Gasteiger partial charge on any atom is 0.145 e. The lowest BCUT2D eigenvalue weighted by molar-refractivity contribution is 0.222. The van der Waals surface area contributed by atoms with E-state index >= 15 is 8.78 Å². The minimum atomic E-state index is -0.305. The van der Waals surface area contributed by atoms with Crippen molar-refractivity contribution >= 4 is 23.7 Å². The van der Waals surface area contributed by atoms with E-state index in [1.165, 1.54) is 0 Å². The van der Waals surface area contributed by atoms with Gasteiger partial charge in [0.1, 0.15) is 11.6 Å². The fourth-order valence-corrected chi connectivity index (χ4v) is 5.37. The smallest absolute Gasteiger partial charge is 0.145 e. The van der Waals surface area contributed by atoms with Crippen LogP contribution >= 0.6 is 0 Å². The largest absolute Gasteiger partial charge is 0.304 e. The summed E-state index contributed by atoms with van der Waals surface area (Å²) in [4.78, 5) is 11.4. The molecule has 1 unspecified atom stereocenters. The normalized spacial score (nSPS) is 25.7. The second-order valence-electron chi connectivity index (χ2n) is 9.91. The molecule has 0 aromatic heterocycles. The van der Waals surface area contributed by atoms with Crippen molar-refractivity contribution in [3.8, 4) is 0 Å². The molecule has 0 radical (unpaired) electrons. The van der Waals surface area contributed by atoms with Gasteiger partial charge in [0, 0.05) is 17.5 Å². The Hall–Kier alpha value is -2.66. The molecule has 1 aromatic rings. The minimum Gasteiger partial charge on any atom is -0.304 e. The highest BCUT2D eigenvalue weighted by Gasteiger charge is 2.22. The van der Waals surface area contributed by atoms with E-state index in [0.717, 1.165) is 67.7 Å². The molecule has 2 bridgehead atoms. The van der Waals surface area contributed by atoms with Gasteiger partial charge in [0.2, 0.25) is 0 Å². The van der Waals surface area contributed by atoms with Crippen molar-refractivity contribution in [2.24, 2.45) is 15.9 Å². The molecule has 1 saturated heterocycles. The zero-order valence-electron chi connectivity index (χ0n) is 21.5. The molecule has 2 heterocycles. The molecular weight excluding hydrogens is 440 g/mol. The van der Waals surface area contributed by atoms with E-state index in [1.807, 2.05) is 32.9 Å². The van der Waals surface area contributed by atoms with Crippen LogP contribution in [0.3, 0.4) is 0 Å². The van der Waals surface area contributed by atoms with Gasteiger partial charge in [-0.25, -0.2) is 8.78 Å². The second kappa shape index (κ2) is 11.4. The van der Waals surface area contributed by atoms with Crippen LogP contribution in [0, 0.1) is 11.7 Å². The summed E-state index contributed by atoms with van der Waals surface area (Å²) in [6.07, 6.45) is 13.7. The first-order valence-corrected chi connectivity index (χ1v) is 12.9. The Balaban J connectivity index is 1.67. The average molecular weight is 478 g/mol. The maximum atomic E-state index is 15.5. The molecule has 1 fully saturated rings. The average Bonchev–Trinajstić information content (AvgIpc) is 3.00. The molecule has 1 aromatic carbocycles. The summed E-state index contributed by atoms with van der Waals surface area (Å²) in [5.74, 6) is 0.102. The van der Waals surface area contributed by atoms with Gasteiger partial charge in [-0.3, -0.25) is 9.98 Å². The molecule has 1 atom stereocenters. The Bertz CT molecular complexity index is 1130. The van der Waals surface area contributed by atoms with Crippen molar-refractivity contribution in [1.29, 1.82) is 0 Å². The molecule has 2 aliphatic heterocycles. The van der Waals surface area contributed by atoms with Gasteiger partial charge in [-0.15, -0.1) is 0 Å². The van der Waals surface area contributed by atoms with Gasteiger partial charge >= 0.3 is 0 Å². The summed E-state index contributed by atoms with van der Waals surface area (Å²) in [5.41, 5.74) is 5.08. The lowest BCUT2D eigenvalue weighted by Gasteiger charge is -2.31. The molecule has 3 nitrogen and oxygen atoms in total. The first-order chi connectivity index (χ1) is 16.9. The molecule has 5 heteroatoms. The van der Waals surface area contributed by atoms with Gasteiger partial charge in [0.05, 0.1) is 11.4 Å². The van der Waals surface area contributed by atoms with Crippen molar-refractivity contribution in [2.45, 2.75) is 65.7 Å². The lowest BCUT2D eigenvalue weighted by atomic mass is 9.88. The summed E-state index contributed by atoms with van der Waals surface area (Å²) < 4.78 is 30.6. The number of piperidine rings is 1. The third-order valence-electron chi connectivity index (χ3n) is 7.46. The predicted octanol–water partition coefficient (Wildman–Crippen LogP) is 8.09. The van der Waals surface area contributed by atoms with Gasteiger partial charge in [-0.2, -0.15) is 0 Å². The molecular formula is C30H37F2N3. The van der Waals surface area contributed by atoms with Crippen LogP contribution in [0.15, 0.2) is 63.0 Å². The van der Waals surface area contributed by atoms with Gasteiger partial charge < -0.3 is 4.90 Å². The van der Waals surface area contributed by atoms with E-state index in [-0.39, 0.29) is 11.6 Å². The van der Waals surface area contributed by atoms with E-state index in [2.05, 4.69) is 34.0 Å². The molecule has 186 valence electrons. The quantitative estimate of drug-likeness (QED) is 0.394. The summed E-state index contributed by atoms with van der Waals surface area (Å²) in [7, 11) is 0. The Labute approximate surface area is 208 Å². The number of likely N-dealkylation sites (tertiary alicyclic amines) is 1. The molecule has 1 aliphatic carbocycles. The Kier molecular flexibility index (Phi) is 8.27. The van der Waals surface area contributed by atoms with Crippen molar-refractivity contribution in [2.75, 3.05) is 19.6 Å². The number of halogens is 2. The first kappa shape index (κ1) is 25.4. The van der Waals surface area contributed by atoms with Gasteiger partial charge in [0.15, 0.2) is 0 Å². The third-order valence-corrected chi connectivity index (χ3v) is 7.46. The highest BCUT2D eigenvalue weighted by atomic mass is 19.1. The summed E-state index contributed by atoms with van der Waals surface area (Å²) in [6.45, 7) is 11.0. The number of aliphatic imine (C=N–C) groups is 2. The van der Waals surface area contributed by atoms with Crippen molar-refractivity contribution in [1.82, 2.24) is 4.90 Å². The van der Waals surface area contributed by atoms with Crippen LogP contribution in [0.1, 0.15) is 76.8 Å². The van der Waals surface area contributed by atoms with Gasteiger partial charge in [-0.05, 0) is 125 Å². The Morgan fingerprint density at radius 1 is 1.20 bits per heavy atom. The maximum absolute atomic E-state index is 15.5. The van der Waals surface area contributed by atoms with Crippen molar-refractivity contribution < 1.29 is 8.78 Å². The van der Waals surface area contributed by atoms with Gasteiger partial charge in [0.25, 0.3) is 0 Å². The van der Waals surface area contributed by atoms with Crippen molar-refractivity contribution in [3.63, 3.8) is 0 Å². The number of hydrogen-bond donors (Lipinski definition) is 0. The van der Waals surface area contributed by atoms with Crippen LogP contribution in [0.5, 0.6) is 0 Å². The zero-order chi connectivity index (χ0) is 24.9. The predicted molar refractivity (Wildman–Crippen MR) is 144 cm³/mol. The van der Waals surface area contributed by atoms with Crippen LogP contribution in [0.25, 0.3) is 6.08 Å². The number of benzene rings is 1. The SMILES string of the molecule is CC=Nc1cc(C2CCN(CC)CC2)cc(F)c1/C=C(C)/C1=C/CC2C=C(C)N=C(CC2)/C(F)=C\1. The van der Waals surface area contributed by atoms with Gasteiger partial charge in [-0.1, -0.05) is 19.1 Å². The fourth-order valence-electron chi connectivity index (χ4n) is 5.37. The van der Waals surface area contributed by atoms with E-state index in [4.69, 9.17) is 0 Å². The number of fused-ring (bicyclic) bond motifs is 3. The van der Waals surface area contributed by atoms with E-state index < -0.39 is 0 Å². The second-order valence-corrected chi connectivity index (χ2v) is 9.91. The standard InChI is InChI=1S/C30H37F2N3/c1-5-33-30-19-25(23-11-13-35(6-2)14-12-23)18-27(31)26(30)15-20(3)24-9-7-22-8-10-29(28(32)17-24)34-21(4)16-22/h5,9,15-19,22-23H,6-8,10-14H2,1-4H3/b20-15+,24-9+,28-17+,33-5?. The van der Waals surface area contributed by atoms with E-state index in [0.29, 0.717) is 35.2 Å². The van der Waals surface area contributed by atoms with Crippen LogP contribution in [-0.4, -0.2) is 36.5 Å². The van der Waals surface area contributed by atoms with Crippen LogP contribution < -0.4 is 0 Å². The summed E-state index contributed by atoms with van der Waals surface area (Å²) in [5, 5.41) is 0. The summed E-state index contributed by atoms with van der Waals surface area (Å²) >= 11 is 0. The van der Waals surface area contributed by atoms with Crippen LogP contribution in [-0.2, 0) is 0 Å². The minimum absolute atomic E-state index is 0.270. The molecule has 35 heavy (non-hydrogen) atoms. The molecule has 3 aliphatic rings.